The minimum Gasteiger partial charge on any atom is -0.317 e. The Morgan fingerprint density at radius 2 is 2.12 bits per heavy atom. The van der Waals surface area contributed by atoms with Crippen LogP contribution < -0.4 is 17.0 Å². The van der Waals surface area contributed by atoms with Crippen molar-refractivity contribution in [2.45, 2.75) is 44.9 Å². The molecule has 0 spiro atoms. The van der Waals surface area contributed by atoms with E-state index in [1.807, 2.05) is 25.2 Å². The third-order valence-electron chi connectivity index (χ3n) is 4.18. The van der Waals surface area contributed by atoms with Crippen molar-refractivity contribution in [3.63, 3.8) is 0 Å². The third-order valence-corrected chi connectivity index (χ3v) is 5.24. The number of nitrogens with zero attached hydrogens (tertiary/aromatic N) is 1. The molecule has 0 aliphatic carbocycles. The Bertz CT molecular complexity index is 586. The maximum atomic E-state index is 10.6. The quantitative estimate of drug-likeness (QED) is 0.286. The van der Waals surface area contributed by atoms with Crippen LogP contribution in [-0.2, 0) is 11.2 Å². The summed E-state index contributed by atoms with van der Waals surface area (Å²) in [6, 6.07) is 0. The second kappa shape index (κ2) is 12.7. The highest BCUT2D eigenvalue weighted by Gasteiger charge is 2.18. The third kappa shape index (κ3) is 7.88. The predicted octanol–water partition coefficient (Wildman–Crippen LogP) is 3.01. The fraction of sp³-hybridized carbons (Fsp3) is 0.474. The molecule has 2 rings (SSSR count). The van der Waals surface area contributed by atoms with E-state index in [2.05, 4.69) is 29.0 Å². The number of aromatic nitrogens is 1. The highest BCUT2D eigenvalue weighted by Crippen LogP contribution is 2.28. The SMILES string of the molecule is C=C(/C=C\C(=C/C)CC=O)CCc1csc(C2CCNCC2)n1.NN. The van der Waals surface area contributed by atoms with E-state index >= 15 is 0 Å². The lowest BCUT2D eigenvalue weighted by atomic mass is 9.99. The Balaban J connectivity index is 0.00000151. The van der Waals surface area contributed by atoms with Gasteiger partial charge in [0, 0.05) is 17.7 Å². The number of aldehydes is 1. The zero-order chi connectivity index (χ0) is 18.5. The second-order valence-electron chi connectivity index (χ2n) is 5.93. The van der Waals surface area contributed by atoms with Gasteiger partial charge in [0.15, 0.2) is 0 Å². The monoisotopic (exact) mass is 362 g/mol. The lowest BCUT2D eigenvalue weighted by Gasteiger charge is -2.20. The van der Waals surface area contributed by atoms with Gasteiger partial charge in [-0.1, -0.05) is 30.4 Å². The maximum Gasteiger partial charge on any atom is 0.124 e. The Hall–Kier alpha value is -1.60. The second-order valence-corrected chi connectivity index (χ2v) is 6.82. The summed E-state index contributed by atoms with van der Waals surface area (Å²) in [7, 11) is 0. The fourth-order valence-corrected chi connectivity index (χ4v) is 3.69. The molecule has 5 N–H and O–H groups in total. The number of aryl methyl sites for hydroxylation is 1. The molecule has 1 aromatic rings. The van der Waals surface area contributed by atoms with Gasteiger partial charge in [0.25, 0.3) is 0 Å². The van der Waals surface area contributed by atoms with Crippen LogP contribution >= 0.6 is 11.3 Å². The van der Waals surface area contributed by atoms with Gasteiger partial charge in [0.2, 0.25) is 0 Å². The molecule has 1 aliphatic heterocycles. The first-order chi connectivity index (χ1) is 12.2. The minimum absolute atomic E-state index is 0.464. The number of hydrogen-bond acceptors (Lipinski definition) is 6. The summed E-state index contributed by atoms with van der Waals surface area (Å²) in [5.74, 6) is 8.64. The molecule has 25 heavy (non-hydrogen) atoms. The highest BCUT2D eigenvalue weighted by molar-refractivity contribution is 7.09. The lowest BCUT2D eigenvalue weighted by Crippen LogP contribution is -2.26. The van der Waals surface area contributed by atoms with Crippen molar-refractivity contribution in [2.24, 2.45) is 11.7 Å². The Morgan fingerprint density at radius 1 is 1.40 bits per heavy atom. The van der Waals surface area contributed by atoms with Crippen molar-refractivity contribution >= 4 is 17.6 Å². The van der Waals surface area contributed by atoms with Crippen LogP contribution in [0.5, 0.6) is 0 Å². The first kappa shape index (κ1) is 21.4. The number of allylic oxidation sites excluding steroid dienone is 5. The average molecular weight is 363 g/mol. The number of piperidine rings is 1. The number of carbonyl (C=O) groups is 1. The van der Waals surface area contributed by atoms with Crippen molar-refractivity contribution < 1.29 is 4.79 Å². The standard InChI is InChI=1S/C19H26N2OS.H4N2/c1-3-16(10-13-22)6-4-15(2)5-7-18-14-23-19(21-18)17-8-11-20-12-9-17;1-2/h3-4,6,13-14,17,20H,2,5,7-12H2,1H3;1-2H2/b6-4-,16-3+;. The number of rotatable bonds is 8. The molecule has 0 amide bonds. The number of hydrogen-bond donors (Lipinski definition) is 3. The number of nitrogens with one attached hydrogen (secondary N) is 1. The largest absolute Gasteiger partial charge is 0.317 e. The molecule has 0 bridgehead atoms. The van der Waals surface area contributed by atoms with E-state index in [4.69, 9.17) is 4.98 Å². The van der Waals surface area contributed by atoms with E-state index in [-0.39, 0.29) is 0 Å². The van der Waals surface area contributed by atoms with Gasteiger partial charge in [-0.15, -0.1) is 11.3 Å². The Labute approximate surface area is 154 Å². The van der Waals surface area contributed by atoms with Crippen molar-refractivity contribution in [3.8, 4) is 0 Å². The van der Waals surface area contributed by atoms with E-state index in [1.54, 1.807) is 11.3 Å². The van der Waals surface area contributed by atoms with E-state index < -0.39 is 0 Å². The van der Waals surface area contributed by atoms with Crippen LogP contribution in [0.2, 0.25) is 0 Å². The summed E-state index contributed by atoms with van der Waals surface area (Å²) in [6.45, 7) is 8.26. The molecule has 0 aromatic carbocycles. The van der Waals surface area contributed by atoms with Gasteiger partial charge in [0.05, 0.1) is 10.7 Å². The number of nitrogens with two attached hydrogens (primary N) is 2. The van der Waals surface area contributed by atoms with Crippen LogP contribution in [-0.4, -0.2) is 24.4 Å². The van der Waals surface area contributed by atoms with Crippen molar-refractivity contribution in [2.75, 3.05) is 13.1 Å². The Kier molecular flexibility index (Phi) is 10.9. The zero-order valence-electron chi connectivity index (χ0n) is 15.0. The number of carbonyl (C=O) groups excluding carboxylic acids is 1. The molecule has 5 nitrogen and oxygen atoms in total. The van der Waals surface area contributed by atoms with E-state index in [0.717, 1.165) is 43.4 Å². The van der Waals surface area contributed by atoms with Crippen molar-refractivity contribution in [3.05, 3.63) is 52.0 Å². The van der Waals surface area contributed by atoms with Crippen LogP contribution in [0.3, 0.4) is 0 Å². The first-order valence-electron chi connectivity index (χ1n) is 8.66. The van der Waals surface area contributed by atoms with Gasteiger partial charge >= 0.3 is 0 Å². The van der Waals surface area contributed by atoms with Crippen molar-refractivity contribution in [1.29, 1.82) is 0 Å². The van der Waals surface area contributed by atoms with Gasteiger partial charge in [-0.3, -0.25) is 11.7 Å². The molecule has 138 valence electrons. The van der Waals surface area contributed by atoms with Gasteiger partial charge in [-0.05, 0) is 51.3 Å². The summed E-state index contributed by atoms with van der Waals surface area (Å²) in [4.78, 5) is 15.4. The van der Waals surface area contributed by atoms with Crippen LogP contribution in [0, 0.1) is 0 Å². The zero-order valence-corrected chi connectivity index (χ0v) is 15.9. The van der Waals surface area contributed by atoms with Crippen molar-refractivity contribution in [1.82, 2.24) is 10.3 Å². The van der Waals surface area contributed by atoms with Gasteiger partial charge in [-0.25, -0.2) is 4.98 Å². The van der Waals surface area contributed by atoms with Gasteiger partial charge in [-0.2, -0.15) is 0 Å². The summed E-state index contributed by atoms with van der Waals surface area (Å²) in [6.07, 6.45) is 11.6. The van der Waals surface area contributed by atoms with Crippen LogP contribution in [0.15, 0.2) is 41.3 Å². The topological polar surface area (TPSA) is 94.0 Å². The number of thiazole rings is 1. The molecule has 0 unspecified atom stereocenters. The van der Waals surface area contributed by atoms with Gasteiger partial charge < -0.3 is 10.1 Å². The number of hydrazine groups is 1. The molecule has 1 aliphatic rings. The summed E-state index contributed by atoms with van der Waals surface area (Å²) < 4.78 is 0. The maximum absolute atomic E-state index is 10.6. The molecule has 2 heterocycles. The summed E-state index contributed by atoms with van der Waals surface area (Å²) >= 11 is 1.80. The normalized spacial score (nSPS) is 15.7. The lowest BCUT2D eigenvalue weighted by molar-refractivity contribution is -0.107. The van der Waals surface area contributed by atoms with Crippen LogP contribution in [0.1, 0.15) is 49.2 Å². The smallest absolute Gasteiger partial charge is 0.124 e. The molecule has 0 radical (unpaired) electrons. The first-order valence-corrected chi connectivity index (χ1v) is 9.54. The molecular weight excluding hydrogens is 332 g/mol. The molecule has 6 heteroatoms. The van der Waals surface area contributed by atoms with Crippen LogP contribution in [0.25, 0.3) is 0 Å². The predicted molar refractivity (Wildman–Crippen MR) is 106 cm³/mol. The van der Waals surface area contributed by atoms with Crippen LogP contribution in [0.4, 0.5) is 0 Å². The van der Waals surface area contributed by atoms with E-state index in [1.165, 1.54) is 23.5 Å². The highest BCUT2D eigenvalue weighted by atomic mass is 32.1. The van der Waals surface area contributed by atoms with E-state index in [0.29, 0.717) is 12.3 Å². The summed E-state index contributed by atoms with van der Waals surface area (Å²) in [5, 5.41) is 6.89. The molecule has 0 saturated carbocycles. The van der Waals surface area contributed by atoms with E-state index in [9.17, 15) is 4.79 Å². The molecule has 0 atom stereocenters. The molecular formula is C19H30N4OS. The fourth-order valence-electron chi connectivity index (χ4n) is 2.67. The minimum atomic E-state index is 0.464. The molecule has 1 fully saturated rings. The molecule has 1 aromatic heterocycles. The molecule has 1 saturated heterocycles. The summed E-state index contributed by atoms with van der Waals surface area (Å²) in [5.41, 5.74) is 3.28. The average Bonchev–Trinajstić information content (AvgIpc) is 3.15. The van der Waals surface area contributed by atoms with Gasteiger partial charge in [0.1, 0.15) is 6.29 Å². The Morgan fingerprint density at radius 3 is 2.76 bits per heavy atom.